The molecule has 1 aromatic carbocycles. The van der Waals surface area contributed by atoms with Gasteiger partial charge in [0.2, 0.25) is 5.91 Å². The molecule has 0 saturated carbocycles. The average Bonchev–Trinajstić information content (AvgIpc) is 2.44. The highest BCUT2D eigenvalue weighted by Crippen LogP contribution is 2.20. The molecular weight excluding hydrogens is 240 g/mol. The number of nitrogens with one attached hydrogen (secondary N) is 2. The predicted octanol–water partition coefficient (Wildman–Crippen LogP) is 1.91. The van der Waals surface area contributed by atoms with E-state index in [2.05, 4.69) is 24.5 Å². The van der Waals surface area contributed by atoms with Crippen LogP contribution in [0.5, 0.6) is 5.75 Å². The third kappa shape index (κ3) is 4.91. The molecule has 2 atom stereocenters. The van der Waals surface area contributed by atoms with Gasteiger partial charge in [-0.25, -0.2) is 0 Å². The largest absolute Gasteiger partial charge is 0.497 e. The Labute approximate surface area is 115 Å². The molecule has 4 heteroatoms. The number of hydrogen-bond donors (Lipinski definition) is 2. The molecule has 1 amide bonds. The van der Waals surface area contributed by atoms with Crippen molar-refractivity contribution < 1.29 is 9.53 Å². The minimum Gasteiger partial charge on any atom is -0.497 e. The van der Waals surface area contributed by atoms with Crippen molar-refractivity contribution in [1.29, 1.82) is 0 Å². The Morgan fingerprint density at radius 2 is 2.11 bits per heavy atom. The molecule has 0 bridgehead atoms. The summed E-state index contributed by atoms with van der Waals surface area (Å²) < 4.78 is 5.17. The van der Waals surface area contributed by atoms with Gasteiger partial charge in [-0.15, -0.1) is 0 Å². The van der Waals surface area contributed by atoms with Crippen LogP contribution in [0.1, 0.15) is 32.3 Å². The Balaban J connectivity index is 2.56. The lowest BCUT2D eigenvalue weighted by Gasteiger charge is -2.17. The minimum atomic E-state index is -0.177. The summed E-state index contributed by atoms with van der Waals surface area (Å²) in [6.07, 6.45) is 0. The average molecular weight is 264 g/mol. The van der Waals surface area contributed by atoms with E-state index in [0.29, 0.717) is 6.54 Å². The van der Waals surface area contributed by atoms with Gasteiger partial charge in [0.1, 0.15) is 5.75 Å². The molecule has 0 saturated heterocycles. The number of ether oxygens (including phenoxy) is 1. The highest BCUT2D eigenvalue weighted by Gasteiger charge is 2.15. The molecule has 0 radical (unpaired) electrons. The van der Waals surface area contributed by atoms with Gasteiger partial charge in [-0.2, -0.15) is 0 Å². The highest BCUT2D eigenvalue weighted by atomic mass is 16.5. The standard InChI is InChI=1S/C15H24N2O2/c1-5-16-11(2)10-17-15(18)12(3)13-7-6-8-14(9-13)19-4/h6-9,11-12,16H,5,10H2,1-4H3,(H,17,18)/t11-,12?/m1/s1. The van der Waals surface area contributed by atoms with Crippen LogP contribution < -0.4 is 15.4 Å². The second-order valence-corrected chi connectivity index (χ2v) is 4.70. The summed E-state index contributed by atoms with van der Waals surface area (Å²) in [5.41, 5.74) is 0.966. The quantitative estimate of drug-likeness (QED) is 0.791. The maximum Gasteiger partial charge on any atom is 0.227 e. The molecule has 1 aromatic rings. The van der Waals surface area contributed by atoms with E-state index in [1.165, 1.54) is 0 Å². The van der Waals surface area contributed by atoms with E-state index < -0.39 is 0 Å². The zero-order valence-corrected chi connectivity index (χ0v) is 12.2. The van der Waals surface area contributed by atoms with E-state index >= 15 is 0 Å². The van der Waals surface area contributed by atoms with E-state index in [9.17, 15) is 4.79 Å². The molecule has 0 aliphatic heterocycles. The second kappa shape index (κ2) is 7.79. The number of rotatable bonds is 7. The van der Waals surface area contributed by atoms with Crippen LogP contribution >= 0.6 is 0 Å². The van der Waals surface area contributed by atoms with Gasteiger partial charge in [-0.3, -0.25) is 4.79 Å². The van der Waals surface area contributed by atoms with Gasteiger partial charge >= 0.3 is 0 Å². The van der Waals surface area contributed by atoms with Gasteiger partial charge in [-0.05, 0) is 38.1 Å². The van der Waals surface area contributed by atoms with Crippen LogP contribution in [-0.2, 0) is 4.79 Å². The molecule has 0 heterocycles. The molecule has 0 aromatic heterocycles. The van der Waals surface area contributed by atoms with Crippen molar-refractivity contribution in [2.24, 2.45) is 0 Å². The van der Waals surface area contributed by atoms with Crippen LogP contribution in [0.3, 0.4) is 0 Å². The van der Waals surface area contributed by atoms with Crippen LogP contribution in [0.4, 0.5) is 0 Å². The SMILES string of the molecule is CCN[C@H](C)CNC(=O)C(C)c1cccc(OC)c1. The number of benzene rings is 1. The molecule has 4 nitrogen and oxygen atoms in total. The van der Waals surface area contributed by atoms with Crippen LogP contribution in [0.2, 0.25) is 0 Å². The van der Waals surface area contributed by atoms with Gasteiger partial charge in [-0.1, -0.05) is 19.1 Å². The maximum atomic E-state index is 12.1. The molecule has 106 valence electrons. The van der Waals surface area contributed by atoms with Gasteiger partial charge in [0.15, 0.2) is 0 Å². The molecule has 1 rings (SSSR count). The summed E-state index contributed by atoms with van der Waals surface area (Å²) in [7, 11) is 1.63. The summed E-state index contributed by atoms with van der Waals surface area (Å²) in [5.74, 6) is 0.639. The van der Waals surface area contributed by atoms with E-state index in [1.807, 2.05) is 31.2 Å². The Kier molecular flexibility index (Phi) is 6.36. The zero-order valence-electron chi connectivity index (χ0n) is 12.2. The molecule has 0 aliphatic carbocycles. The van der Waals surface area contributed by atoms with Crippen molar-refractivity contribution >= 4 is 5.91 Å². The first-order chi connectivity index (χ1) is 9.08. The third-order valence-corrected chi connectivity index (χ3v) is 3.12. The maximum absolute atomic E-state index is 12.1. The fraction of sp³-hybridized carbons (Fsp3) is 0.533. The lowest BCUT2D eigenvalue weighted by atomic mass is 10.00. The number of amides is 1. The van der Waals surface area contributed by atoms with Crippen molar-refractivity contribution in [3.63, 3.8) is 0 Å². The smallest absolute Gasteiger partial charge is 0.227 e. The van der Waals surface area contributed by atoms with Crippen molar-refractivity contribution in [3.8, 4) is 5.75 Å². The Hall–Kier alpha value is -1.55. The molecule has 19 heavy (non-hydrogen) atoms. The summed E-state index contributed by atoms with van der Waals surface area (Å²) in [6.45, 7) is 7.56. The third-order valence-electron chi connectivity index (χ3n) is 3.12. The van der Waals surface area contributed by atoms with E-state index in [4.69, 9.17) is 4.74 Å². The van der Waals surface area contributed by atoms with E-state index in [0.717, 1.165) is 17.9 Å². The van der Waals surface area contributed by atoms with Gasteiger partial charge < -0.3 is 15.4 Å². The minimum absolute atomic E-state index is 0.0398. The van der Waals surface area contributed by atoms with Crippen LogP contribution in [0.15, 0.2) is 24.3 Å². The molecule has 0 fully saturated rings. The molecule has 2 N–H and O–H groups in total. The molecular formula is C15H24N2O2. The molecule has 1 unspecified atom stereocenters. The summed E-state index contributed by atoms with van der Waals surface area (Å²) in [6, 6.07) is 7.91. The fourth-order valence-electron chi connectivity index (χ4n) is 1.89. The topological polar surface area (TPSA) is 50.4 Å². The second-order valence-electron chi connectivity index (χ2n) is 4.70. The highest BCUT2D eigenvalue weighted by molar-refractivity contribution is 5.83. The van der Waals surface area contributed by atoms with Crippen molar-refractivity contribution in [1.82, 2.24) is 10.6 Å². The summed E-state index contributed by atoms with van der Waals surface area (Å²) >= 11 is 0. The van der Waals surface area contributed by atoms with Gasteiger partial charge in [0, 0.05) is 12.6 Å². The first-order valence-corrected chi connectivity index (χ1v) is 6.73. The number of carbonyl (C=O) groups excluding carboxylic acids is 1. The van der Waals surface area contributed by atoms with Crippen LogP contribution in [0, 0.1) is 0 Å². The normalized spacial score (nSPS) is 13.7. The van der Waals surface area contributed by atoms with Gasteiger partial charge in [0.05, 0.1) is 13.0 Å². The van der Waals surface area contributed by atoms with Crippen LogP contribution in [-0.4, -0.2) is 32.1 Å². The van der Waals surface area contributed by atoms with Crippen LogP contribution in [0.25, 0.3) is 0 Å². The monoisotopic (exact) mass is 264 g/mol. The number of hydrogen-bond acceptors (Lipinski definition) is 3. The zero-order chi connectivity index (χ0) is 14.3. The van der Waals surface area contributed by atoms with E-state index in [-0.39, 0.29) is 17.9 Å². The number of methoxy groups -OCH3 is 1. The lowest BCUT2D eigenvalue weighted by molar-refractivity contribution is -0.122. The first kappa shape index (κ1) is 15.5. The van der Waals surface area contributed by atoms with Crippen molar-refractivity contribution in [2.45, 2.75) is 32.7 Å². The Bertz CT molecular complexity index is 407. The predicted molar refractivity (Wildman–Crippen MR) is 77.6 cm³/mol. The van der Waals surface area contributed by atoms with Crippen molar-refractivity contribution in [2.75, 3.05) is 20.2 Å². The summed E-state index contributed by atoms with van der Waals surface area (Å²) in [5, 5.41) is 6.22. The Morgan fingerprint density at radius 3 is 2.74 bits per heavy atom. The first-order valence-electron chi connectivity index (χ1n) is 6.73. The Morgan fingerprint density at radius 1 is 1.37 bits per heavy atom. The number of likely N-dealkylation sites (N-methyl/N-ethyl adjacent to an activating group) is 1. The lowest BCUT2D eigenvalue weighted by Crippen LogP contribution is -2.40. The fourth-order valence-corrected chi connectivity index (χ4v) is 1.89. The summed E-state index contributed by atoms with van der Waals surface area (Å²) in [4.78, 5) is 12.1. The van der Waals surface area contributed by atoms with Gasteiger partial charge in [0.25, 0.3) is 0 Å². The van der Waals surface area contributed by atoms with E-state index in [1.54, 1.807) is 7.11 Å². The number of carbonyl (C=O) groups is 1. The van der Waals surface area contributed by atoms with Crippen molar-refractivity contribution in [3.05, 3.63) is 29.8 Å². The molecule has 0 spiro atoms. The molecule has 0 aliphatic rings.